The van der Waals surface area contributed by atoms with Crippen molar-refractivity contribution in [3.63, 3.8) is 0 Å². The van der Waals surface area contributed by atoms with Gasteiger partial charge in [0.15, 0.2) is 0 Å². The normalized spacial score (nSPS) is 13.5. The summed E-state index contributed by atoms with van der Waals surface area (Å²) in [5.41, 5.74) is -0.153. The van der Waals surface area contributed by atoms with Gasteiger partial charge in [-0.05, 0) is 46.2 Å². The average Bonchev–Trinajstić information content (AvgIpc) is 1.99. The lowest BCUT2D eigenvalue weighted by Gasteiger charge is -2.19. The molecule has 0 saturated carbocycles. The Morgan fingerprint density at radius 2 is 1.73 bits per heavy atom. The molecule has 0 aliphatic rings. The summed E-state index contributed by atoms with van der Waals surface area (Å²) in [6.45, 7) is 9.95. The Bertz CT molecular complexity index is 246. The molecule has 0 N–H and O–H groups in total. The number of carbonyl (C=O) groups excluding carboxylic acids is 1. The van der Waals surface area contributed by atoms with Crippen LogP contribution in [0, 0.1) is 0 Å². The molecule has 0 spiro atoms. The van der Waals surface area contributed by atoms with E-state index in [0.29, 0.717) is 12.2 Å². The molecule has 0 amide bonds. The van der Waals surface area contributed by atoms with Crippen LogP contribution in [0.15, 0.2) is 10.2 Å². The Labute approximate surface area is 101 Å². The topological polar surface area (TPSA) is 41.8 Å². The van der Waals surface area contributed by atoms with E-state index < -0.39 is 0 Å². The number of thioether (sulfide) groups is 1. The monoisotopic (exact) mass is 250 g/mol. The number of rotatable bonds is 5. The second-order valence-electron chi connectivity index (χ2n) is 4.77. The number of carbonyl (C=O) groups is 1. The molecular formula is C10H19ClN2OS. The molecule has 0 rings (SSSR count). The highest BCUT2D eigenvalue weighted by Gasteiger charge is 2.19. The van der Waals surface area contributed by atoms with Gasteiger partial charge in [0.1, 0.15) is 4.87 Å². The minimum absolute atomic E-state index is 0.153. The summed E-state index contributed by atoms with van der Waals surface area (Å²) >= 11 is 6.83. The lowest BCUT2D eigenvalue weighted by atomic mass is 10.1. The van der Waals surface area contributed by atoms with Gasteiger partial charge in [-0.25, -0.2) is 0 Å². The maximum Gasteiger partial charge on any atom is 0.222 e. The number of hydrogen-bond donors (Lipinski definition) is 0. The molecular weight excluding hydrogens is 232 g/mol. The minimum atomic E-state index is -0.300. The Hall–Kier alpha value is -0.0900. The maximum absolute atomic E-state index is 10.5. The summed E-state index contributed by atoms with van der Waals surface area (Å²) in [5.74, 6) is 0.679. The zero-order valence-corrected chi connectivity index (χ0v) is 11.6. The van der Waals surface area contributed by atoms with Crippen LogP contribution in [0.5, 0.6) is 0 Å². The van der Waals surface area contributed by atoms with E-state index in [9.17, 15) is 4.79 Å². The second-order valence-corrected chi connectivity index (χ2v) is 6.89. The van der Waals surface area contributed by atoms with E-state index in [0.717, 1.165) is 0 Å². The fourth-order valence-corrected chi connectivity index (χ4v) is 1.77. The van der Waals surface area contributed by atoms with Gasteiger partial charge in [-0.1, -0.05) is 0 Å². The van der Waals surface area contributed by atoms with Crippen LogP contribution in [0.4, 0.5) is 0 Å². The molecule has 0 fully saturated rings. The van der Waals surface area contributed by atoms with E-state index in [2.05, 4.69) is 10.2 Å². The van der Waals surface area contributed by atoms with Crippen LogP contribution in [0.1, 0.15) is 41.0 Å². The van der Waals surface area contributed by atoms with Crippen LogP contribution in [0.3, 0.4) is 0 Å². The van der Waals surface area contributed by atoms with Crippen LogP contribution < -0.4 is 0 Å². The summed E-state index contributed by atoms with van der Waals surface area (Å²) in [5, 5.41) is 8.17. The number of halogens is 1. The van der Waals surface area contributed by atoms with Crippen molar-refractivity contribution in [1.29, 1.82) is 0 Å². The van der Waals surface area contributed by atoms with Crippen molar-refractivity contribution in [3.8, 4) is 0 Å². The lowest BCUT2D eigenvalue weighted by molar-refractivity contribution is -0.111. The first-order valence-electron chi connectivity index (χ1n) is 4.89. The van der Waals surface area contributed by atoms with Gasteiger partial charge < -0.3 is 0 Å². The molecule has 0 unspecified atom stereocenters. The van der Waals surface area contributed by atoms with E-state index >= 15 is 0 Å². The van der Waals surface area contributed by atoms with Gasteiger partial charge in [0.05, 0.1) is 5.54 Å². The van der Waals surface area contributed by atoms with Crippen LogP contribution >= 0.6 is 23.4 Å². The molecule has 15 heavy (non-hydrogen) atoms. The standard InChI is InChI=1S/C10H19ClN2OS/c1-9(2,3)12-13-10(4,5)15-7-6-8(11)14/h6-7H2,1-5H3. The Morgan fingerprint density at radius 1 is 1.20 bits per heavy atom. The van der Waals surface area contributed by atoms with E-state index in [1.165, 1.54) is 0 Å². The number of nitrogens with zero attached hydrogens (tertiary/aromatic N) is 2. The molecule has 0 radical (unpaired) electrons. The van der Waals surface area contributed by atoms with Crippen molar-refractivity contribution < 1.29 is 4.79 Å². The third-order valence-corrected chi connectivity index (χ3v) is 2.73. The van der Waals surface area contributed by atoms with Gasteiger partial charge in [0.2, 0.25) is 5.24 Å². The molecule has 0 heterocycles. The number of azo groups is 1. The van der Waals surface area contributed by atoms with Gasteiger partial charge >= 0.3 is 0 Å². The van der Waals surface area contributed by atoms with Gasteiger partial charge in [-0.2, -0.15) is 10.2 Å². The first-order valence-corrected chi connectivity index (χ1v) is 6.25. The zero-order chi connectivity index (χ0) is 12.1. The summed E-state index contributed by atoms with van der Waals surface area (Å²) in [4.78, 5) is 10.3. The SMILES string of the molecule is CC(C)(C)N=NC(C)(C)SCCC(=O)Cl. The molecule has 0 aliphatic carbocycles. The van der Waals surface area contributed by atoms with Gasteiger partial charge in [0, 0.05) is 12.2 Å². The highest BCUT2D eigenvalue weighted by Crippen LogP contribution is 2.28. The van der Waals surface area contributed by atoms with Crippen molar-refractivity contribution in [3.05, 3.63) is 0 Å². The summed E-state index contributed by atoms with van der Waals surface area (Å²) in [6, 6.07) is 0. The van der Waals surface area contributed by atoms with Crippen LogP contribution in [0.25, 0.3) is 0 Å². The van der Waals surface area contributed by atoms with Crippen LogP contribution in [-0.2, 0) is 4.79 Å². The van der Waals surface area contributed by atoms with Crippen LogP contribution in [0.2, 0.25) is 0 Å². The van der Waals surface area contributed by atoms with Crippen molar-refractivity contribution in [2.24, 2.45) is 10.2 Å². The lowest BCUT2D eigenvalue weighted by Crippen LogP contribution is -2.15. The smallest absolute Gasteiger partial charge is 0.222 e. The van der Waals surface area contributed by atoms with Crippen molar-refractivity contribution in [2.75, 3.05) is 5.75 Å². The molecule has 3 nitrogen and oxygen atoms in total. The molecule has 0 aliphatic heterocycles. The van der Waals surface area contributed by atoms with E-state index in [-0.39, 0.29) is 15.7 Å². The molecule has 0 aromatic carbocycles. The summed E-state index contributed by atoms with van der Waals surface area (Å²) in [7, 11) is 0. The van der Waals surface area contributed by atoms with Crippen LogP contribution in [-0.4, -0.2) is 21.4 Å². The largest absolute Gasteiger partial charge is 0.281 e. The zero-order valence-electron chi connectivity index (χ0n) is 10.0. The fourth-order valence-electron chi connectivity index (χ4n) is 0.680. The van der Waals surface area contributed by atoms with Crippen molar-refractivity contribution in [1.82, 2.24) is 0 Å². The van der Waals surface area contributed by atoms with Crippen molar-refractivity contribution >= 4 is 28.6 Å². The minimum Gasteiger partial charge on any atom is -0.281 e. The molecule has 0 bridgehead atoms. The predicted octanol–water partition coefficient (Wildman–Crippen LogP) is 3.86. The summed E-state index contributed by atoms with van der Waals surface area (Å²) in [6.07, 6.45) is 0.376. The Kier molecular flexibility index (Phi) is 5.81. The first kappa shape index (κ1) is 14.9. The Morgan fingerprint density at radius 3 is 2.13 bits per heavy atom. The molecule has 0 aromatic heterocycles. The Balaban J connectivity index is 4.07. The second kappa shape index (κ2) is 5.85. The number of hydrogen-bond acceptors (Lipinski definition) is 4. The maximum atomic E-state index is 10.5. The third-order valence-electron chi connectivity index (χ3n) is 1.34. The molecule has 0 aromatic rings. The third kappa shape index (κ3) is 10.2. The fraction of sp³-hybridized carbons (Fsp3) is 0.900. The highest BCUT2D eigenvalue weighted by atomic mass is 35.5. The van der Waals surface area contributed by atoms with Gasteiger partial charge in [-0.3, -0.25) is 4.79 Å². The van der Waals surface area contributed by atoms with E-state index in [1.54, 1.807) is 11.8 Å². The van der Waals surface area contributed by atoms with Gasteiger partial charge in [0.25, 0.3) is 0 Å². The molecule has 0 atom stereocenters. The predicted molar refractivity (Wildman–Crippen MR) is 66.6 cm³/mol. The molecule has 88 valence electrons. The van der Waals surface area contributed by atoms with Gasteiger partial charge in [-0.15, -0.1) is 11.8 Å². The average molecular weight is 251 g/mol. The summed E-state index contributed by atoms with van der Waals surface area (Å²) < 4.78 is 0. The molecule has 0 saturated heterocycles. The quantitative estimate of drug-likeness (QED) is 0.549. The van der Waals surface area contributed by atoms with E-state index in [4.69, 9.17) is 11.6 Å². The van der Waals surface area contributed by atoms with E-state index in [1.807, 2.05) is 34.6 Å². The van der Waals surface area contributed by atoms with Crippen molar-refractivity contribution in [2.45, 2.75) is 51.4 Å². The molecule has 5 heteroatoms. The first-order chi connectivity index (χ1) is 6.62. The highest BCUT2D eigenvalue weighted by molar-refractivity contribution is 8.00.